The highest BCUT2D eigenvalue weighted by Gasteiger charge is 2.41. The number of amides is 1. The van der Waals surface area contributed by atoms with Crippen molar-refractivity contribution in [2.45, 2.75) is 76.0 Å². The molecule has 0 bridgehead atoms. The molecule has 1 aliphatic carbocycles. The molecule has 1 aliphatic rings. The molecule has 25 heavy (non-hydrogen) atoms. The van der Waals surface area contributed by atoms with Crippen LogP contribution in [0.25, 0.3) is 0 Å². The predicted octanol–water partition coefficient (Wildman–Crippen LogP) is 3.19. The Bertz CT molecular complexity index is 708. The molecule has 0 heterocycles. The van der Waals surface area contributed by atoms with E-state index in [4.69, 9.17) is 10.5 Å². The zero-order valence-corrected chi connectivity index (χ0v) is 16.2. The molecular weight excluding hydrogens is 340 g/mol. The summed E-state index contributed by atoms with van der Waals surface area (Å²) in [7, 11) is -4.04. The van der Waals surface area contributed by atoms with Crippen molar-refractivity contribution in [1.29, 1.82) is 0 Å². The molecule has 1 saturated carbocycles. The van der Waals surface area contributed by atoms with E-state index in [-0.39, 0.29) is 10.9 Å². The van der Waals surface area contributed by atoms with Gasteiger partial charge in [0.2, 0.25) is 0 Å². The number of sulfonamides is 1. The van der Waals surface area contributed by atoms with Crippen LogP contribution in [0.2, 0.25) is 0 Å². The van der Waals surface area contributed by atoms with Crippen molar-refractivity contribution in [3.05, 3.63) is 29.8 Å². The van der Waals surface area contributed by atoms with E-state index in [9.17, 15) is 13.2 Å². The van der Waals surface area contributed by atoms with Gasteiger partial charge in [-0.3, -0.25) is 0 Å². The Hall–Kier alpha value is -1.60. The van der Waals surface area contributed by atoms with Crippen molar-refractivity contribution in [2.24, 2.45) is 5.73 Å². The molecule has 6 nitrogen and oxygen atoms in total. The Morgan fingerprint density at radius 2 is 1.72 bits per heavy atom. The number of carbonyl (C=O) groups is 1. The fourth-order valence-electron chi connectivity index (χ4n) is 2.97. The minimum absolute atomic E-state index is 0.0710. The van der Waals surface area contributed by atoms with Gasteiger partial charge >= 0.3 is 6.09 Å². The number of benzene rings is 1. The summed E-state index contributed by atoms with van der Waals surface area (Å²) in [6.07, 6.45) is 2.14. The number of carbonyl (C=O) groups excluding carboxylic acids is 1. The van der Waals surface area contributed by atoms with Gasteiger partial charge in [-0.2, -0.15) is 4.31 Å². The number of hydrogen-bond acceptors (Lipinski definition) is 5. The lowest BCUT2D eigenvalue weighted by Crippen LogP contribution is -2.55. The molecule has 0 aliphatic heterocycles. The summed E-state index contributed by atoms with van der Waals surface area (Å²) in [6, 6.07) is 5.46. The molecule has 1 aromatic rings. The smallest absolute Gasteiger partial charge is 0.424 e. The fourth-order valence-corrected chi connectivity index (χ4v) is 4.53. The molecule has 7 heteroatoms. The Morgan fingerprint density at radius 1 is 1.16 bits per heavy atom. The van der Waals surface area contributed by atoms with Gasteiger partial charge < -0.3 is 10.5 Å². The molecule has 140 valence electrons. The molecule has 0 spiro atoms. The average molecular weight is 368 g/mol. The summed E-state index contributed by atoms with van der Waals surface area (Å²) in [5.74, 6) is 0. The number of nitrogens with two attached hydrogens (primary N) is 1. The summed E-state index contributed by atoms with van der Waals surface area (Å²) in [5.41, 5.74) is 6.31. The summed E-state index contributed by atoms with van der Waals surface area (Å²) in [6.45, 7) is 7.01. The number of rotatable bonds is 3. The Morgan fingerprint density at radius 3 is 2.24 bits per heavy atom. The number of nitrogens with zero attached hydrogens (tertiary/aromatic N) is 1. The van der Waals surface area contributed by atoms with Gasteiger partial charge in [-0.25, -0.2) is 13.2 Å². The highest BCUT2D eigenvalue weighted by atomic mass is 32.2. The van der Waals surface area contributed by atoms with E-state index in [0.717, 1.165) is 22.7 Å². The third kappa shape index (κ3) is 4.73. The van der Waals surface area contributed by atoms with E-state index in [1.807, 2.05) is 6.92 Å². The highest BCUT2D eigenvalue weighted by Crippen LogP contribution is 2.29. The fraction of sp³-hybridized carbons (Fsp3) is 0.611. The third-order valence-electron chi connectivity index (χ3n) is 4.23. The first-order chi connectivity index (χ1) is 11.5. The molecule has 0 unspecified atom stereocenters. The highest BCUT2D eigenvalue weighted by molar-refractivity contribution is 7.89. The molecule has 0 aromatic heterocycles. The van der Waals surface area contributed by atoms with Crippen LogP contribution in [0.5, 0.6) is 0 Å². The second-order valence-corrected chi connectivity index (χ2v) is 9.42. The molecular formula is C18H28N2O4S. The zero-order valence-electron chi connectivity index (χ0n) is 15.4. The molecule has 2 rings (SSSR count). The van der Waals surface area contributed by atoms with Crippen molar-refractivity contribution in [2.75, 3.05) is 0 Å². The Labute approximate surface area is 150 Å². The molecule has 2 N–H and O–H groups in total. The molecule has 1 fully saturated rings. The first kappa shape index (κ1) is 19.7. The first-order valence-corrected chi connectivity index (χ1v) is 10.1. The lowest BCUT2D eigenvalue weighted by Gasteiger charge is -2.37. The van der Waals surface area contributed by atoms with E-state index in [2.05, 4.69) is 0 Å². The van der Waals surface area contributed by atoms with Crippen LogP contribution in [-0.4, -0.2) is 36.5 Å². The van der Waals surface area contributed by atoms with Crippen LogP contribution >= 0.6 is 0 Å². The number of ether oxygens (including phenoxy) is 1. The monoisotopic (exact) mass is 368 g/mol. The van der Waals surface area contributed by atoms with Gasteiger partial charge in [-0.15, -0.1) is 0 Å². The largest absolute Gasteiger partial charge is 0.443 e. The van der Waals surface area contributed by atoms with Crippen LogP contribution in [0.15, 0.2) is 29.2 Å². The van der Waals surface area contributed by atoms with Gasteiger partial charge in [0.05, 0.1) is 10.9 Å². The van der Waals surface area contributed by atoms with Gasteiger partial charge in [-0.05, 0) is 52.7 Å². The van der Waals surface area contributed by atoms with Gasteiger partial charge in [0, 0.05) is 6.04 Å². The average Bonchev–Trinajstić information content (AvgIpc) is 2.48. The molecule has 1 aromatic carbocycles. The summed E-state index contributed by atoms with van der Waals surface area (Å²) in [5, 5.41) is 0. The topological polar surface area (TPSA) is 89.7 Å². The number of aryl methyl sites for hydroxylation is 1. The van der Waals surface area contributed by atoms with Crippen LogP contribution in [0, 0.1) is 6.92 Å². The predicted molar refractivity (Wildman–Crippen MR) is 96.7 cm³/mol. The van der Waals surface area contributed by atoms with Crippen molar-refractivity contribution in [1.82, 2.24) is 4.31 Å². The van der Waals surface area contributed by atoms with Crippen LogP contribution in [-0.2, 0) is 14.8 Å². The van der Waals surface area contributed by atoms with Gasteiger partial charge in [0.15, 0.2) is 0 Å². The van der Waals surface area contributed by atoms with E-state index in [1.54, 1.807) is 32.9 Å². The second kappa shape index (κ2) is 7.33. The standard InChI is InChI=1S/C18H28N2O4S/c1-13-9-11-14(12-10-13)25(22,23)20(17(21)24-18(2,3)4)16-8-6-5-7-15(16)19/h9-12,15-16H,5-8,19H2,1-4H3/t15-,16-/m1/s1. The molecule has 2 atom stereocenters. The van der Waals surface area contributed by atoms with E-state index in [0.29, 0.717) is 12.8 Å². The van der Waals surface area contributed by atoms with Crippen molar-refractivity contribution in [3.63, 3.8) is 0 Å². The summed E-state index contributed by atoms with van der Waals surface area (Å²) < 4.78 is 32.6. The van der Waals surface area contributed by atoms with Gasteiger partial charge in [0.25, 0.3) is 10.0 Å². The molecule has 1 amide bonds. The van der Waals surface area contributed by atoms with Crippen molar-refractivity contribution in [3.8, 4) is 0 Å². The quantitative estimate of drug-likeness (QED) is 0.885. The van der Waals surface area contributed by atoms with Gasteiger partial charge in [0.1, 0.15) is 5.60 Å². The number of hydrogen-bond donors (Lipinski definition) is 1. The summed E-state index contributed by atoms with van der Waals surface area (Å²) >= 11 is 0. The molecule has 0 saturated heterocycles. The van der Waals surface area contributed by atoms with E-state index < -0.39 is 27.8 Å². The van der Waals surface area contributed by atoms with Crippen molar-refractivity contribution < 1.29 is 17.9 Å². The Kier molecular flexibility index (Phi) is 5.79. The van der Waals surface area contributed by atoms with E-state index in [1.165, 1.54) is 12.1 Å². The lowest BCUT2D eigenvalue weighted by atomic mass is 9.91. The summed E-state index contributed by atoms with van der Waals surface area (Å²) in [4.78, 5) is 12.8. The SMILES string of the molecule is Cc1ccc(S(=O)(=O)N(C(=O)OC(C)(C)C)[C@@H]2CCCC[C@H]2N)cc1. The third-order valence-corrected chi connectivity index (χ3v) is 6.04. The second-order valence-electron chi connectivity index (χ2n) is 7.61. The normalized spacial score (nSPS) is 21.6. The van der Waals surface area contributed by atoms with E-state index >= 15 is 0 Å². The minimum Gasteiger partial charge on any atom is -0.443 e. The minimum atomic E-state index is -4.04. The maximum absolute atomic E-state index is 13.2. The van der Waals surface area contributed by atoms with Crippen LogP contribution in [0.3, 0.4) is 0 Å². The molecule has 0 radical (unpaired) electrons. The van der Waals surface area contributed by atoms with Crippen LogP contribution < -0.4 is 5.73 Å². The zero-order chi connectivity index (χ0) is 18.8. The van der Waals surface area contributed by atoms with Crippen LogP contribution in [0.1, 0.15) is 52.0 Å². The lowest BCUT2D eigenvalue weighted by molar-refractivity contribution is 0.0298. The maximum atomic E-state index is 13.2. The Balaban J connectivity index is 2.45. The van der Waals surface area contributed by atoms with Gasteiger partial charge in [-0.1, -0.05) is 30.5 Å². The van der Waals surface area contributed by atoms with Crippen LogP contribution in [0.4, 0.5) is 4.79 Å². The van der Waals surface area contributed by atoms with Crippen molar-refractivity contribution >= 4 is 16.1 Å². The first-order valence-electron chi connectivity index (χ1n) is 8.62. The maximum Gasteiger partial charge on any atom is 0.424 e.